The van der Waals surface area contributed by atoms with E-state index in [1.54, 1.807) is 6.08 Å². The largest absolute Gasteiger partial charge is 0.494 e. The molecule has 0 radical (unpaired) electrons. The van der Waals surface area contributed by atoms with Gasteiger partial charge in [-0.1, -0.05) is 13.0 Å². The van der Waals surface area contributed by atoms with Gasteiger partial charge in [0.15, 0.2) is 5.54 Å². The first-order valence-corrected chi connectivity index (χ1v) is 8.61. The summed E-state index contributed by atoms with van der Waals surface area (Å²) in [4.78, 5) is 17.1. The van der Waals surface area contributed by atoms with Crippen molar-refractivity contribution in [2.24, 2.45) is 4.99 Å². The number of benzene rings is 1. The molecule has 0 fully saturated rings. The summed E-state index contributed by atoms with van der Waals surface area (Å²) in [5.41, 5.74) is -0.147. The highest BCUT2D eigenvalue weighted by Crippen LogP contribution is 2.27. The minimum Gasteiger partial charge on any atom is -0.494 e. The maximum absolute atomic E-state index is 12.5. The third kappa shape index (κ3) is 4.82. The number of nitrogens with one attached hydrogen (secondary N) is 1. The van der Waals surface area contributed by atoms with Crippen LogP contribution in [0, 0.1) is 0 Å². The number of aliphatic imine (C=N–C) groups is 1. The maximum atomic E-state index is 12.5. The van der Waals surface area contributed by atoms with Gasteiger partial charge in [-0.15, -0.1) is 6.58 Å². The van der Waals surface area contributed by atoms with Gasteiger partial charge < -0.3 is 19.9 Å². The summed E-state index contributed by atoms with van der Waals surface area (Å²) in [5.74, 6) is 1.04. The molecule has 1 aliphatic heterocycles. The van der Waals surface area contributed by atoms with Crippen LogP contribution in [-0.2, 0) is 9.53 Å². The number of amides is 1. The zero-order chi connectivity index (χ0) is 18.1. The Morgan fingerprint density at radius 3 is 2.88 bits per heavy atom. The molecular weight excluding hydrogens is 320 g/mol. The monoisotopic (exact) mass is 346 g/mol. The third-order valence-electron chi connectivity index (χ3n) is 3.88. The molecule has 1 aromatic rings. The first-order chi connectivity index (χ1) is 12.1. The van der Waals surface area contributed by atoms with Crippen LogP contribution in [0.2, 0.25) is 0 Å². The van der Waals surface area contributed by atoms with Crippen molar-refractivity contribution in [3.63, 3.8) is 0 Å². The van der Waals surface area contributed by atoms with Crippen molar-refractivity contribution in [1.82, 2.24) is 5.32 Å². The Morgan fingerprint density at radius 1 is 1.48 bits per heavy atom. The van der Waals surface area contributed by atoms with E-state index < -0.39 is 5.54 Å². The van der Waals surface area contributed by atoms with Gasteiger partial charge in [-0.2, -0.15) is 0 Å². The summed E-state index contributed by atoms with van der Waals surface area (Å²) < 4.78 is 11.2. The molecule has 136 valence electrons. The SMILES string of the molecule is C=CC[C@]1(C(=O)NCCC)COC(c2ccc(OCCCO)cc2)=N1. The first-order valence-electron chi connectivity index (χ1n) is 8.61. The molecule has 6 heteroatoms. The van der Waals surface area contributed by atoms with E-state index in [1.807, 2.05) is 31.2 Å². The molecule has 1 heterocycles. The van der Waals surface area contributed by atoms with Crippen molar-refractivity contribution in [3.05, 3.63) is 42.5 Å². The average molecular weight is 346 g/mol. The smallest absolute Gasteiger partial charge is 0.251 e. The summed E-state index contributed by atoms with van der Waals surface area (Å²) in [7, 11) is 0. The molecule has 0 bridgehead atoms. The molecule has 1 amide bonds. The average Bonchev–Trinajstić information content (AvgIpc) is 3.06. The lowest BCUT2D eigenvalue weighted by molar-refractivity contribution is -0.126. The second-order valence-electron chi connectivity index (χ2n) is 5.94. The van der Waals surface area contributed by atoms with Gasteiger partial charge in [-0.25, -0.2) is 4.99 Å². The number of ether oxygens (including phenoxy) is 2. The van der Waals surface area contributed by atoms with Crippen molar-refractivity contribution >= 4 is 11.8 Å². The van der Waals surface area contributed by atoms with Gasteiger partial charge in [0.25, 0.3) is 5.91 Å². The Kier molecular flexibility index (Phi) is 7.01. The summed E-state index contributed by atoms with van der Waals surface area (Å²) in [5, 5.41) is 11.7. The van der Waals surface area contributed by atoms with Crippen molar-refractivity contribution < 1.29 is 19.4 Å². The van der Waals surface area contributed by atoms with Crippen LogP contribution < -0.4 is 10.1 Å². The van der Waals surface area contributed by atoms with E-state index in [1.165, 1.54) is 0 Å². The van der Waals surface area contributed by atoms with E-state index in [9.17, 15) is 4.79 Å². The van der Waals surface area contributed by atoms with Crippen LogP contribution >= 0.6 is 0 Å². The van der Waals surface area contributed by atoms with Crippen LogP contribution in [0.4, 0.5) is 0 Å². The molecule has 0 saturated carbocycles. The number of rotatable bonds is 10. The predicted molar refractivity (Wildman–Crippen MR) is 97.0 cm³/mol. The number of aliphatic hydroxyl groups excluding tert-OH is 1. The molecule has 0 aromatic heterocycles. The fraction of sp³-hybridized carbons (Fsp3) is 0.474. The van der Waals surface area contributed by atoms with Gasteiger partial charge in [-0.3, -0.25) is 4.79 Å². The molecule has 6 nitrogen and oxygen atoms in total. The Morgan fingerprint density at radius 2 is 2.24 bits per heavy atom. The van der Waals surface area contributed by atoms with Crippen LogP contribution in [-0.4, -0.2) is 48.8 Å². The molecule has 0 unspecified atom stereocenters. The van der Waals surface area contributed by atoms with Crippen molar-refractivity contribution in [2.75, 3.05) is 26.4 Å². The number of aliphatic hydroxyl groups is 1. The summed E-state index contributed by atoms with van der Waals surface area (Å²) in [6, 6.07) is 7.34. The molecule has 1 aliphatic rings. The molecule has 1 aromatic carbocycles. The van der Waals surface area contributed by atoms with Gasteiger partial charge in [0.1, 0.15) is 12.4 Å². The van der Waals surface area contributed by atoms with Crippen LogP contribution in [0.5, 0.6) is 5.75 Å². The van der Waals surface area contributed by atoms with Crippen LogP contribution in [0.1, 0.15) is 31.7 Å². The first kappa shape index (κ1) is 19.0. The Labute approximate surface area is 148 Å². The van der Waals surface area contributed by atoms with Gasteiger partial charge in [0.05, 0.1) is 6.61 Å². The predicted octanol–water partition coefficient (Wildman–Crippen LogP) is 2.07. The number of carbonyl (C=O) groups is 1. The normalized spacial score (nSPS) is 19.0. The number of hydrogen-bond donors (Lipinski definition) is 2. The van der Waals surface area contributed by atoms with Crippen molar-refractivity contribution in [2.45, 2.75) is 31.7 Å². The van der Waals surface area contributed by atoms with Crippen molar-refractivity contribution in [1.29, 1.82) is 0 Å². The minimum absolute atomic E-state index is 0.105. The van der Waals surface area contributed by atoms with E-state index in [2.05, 4.69) is 16.9 Å². The van der Waals surface area contributed by atoms with Gasteiger partial charge in [-0.05, 0) is 30.7 Å². The van der Waals surface area contributed by atoms with E-state index in [0.717, 1.165) is 12.0 Å². The highest BCUT2D eigenvalue weighted by atomic mass is 16.5. The molecule has 0 spiro atoms. The molecule has 2 rings (SSSR count). The Bertz CT molecular complexity index is 612. The molecule has 0 aliphatic carbocycles. The second kappa shape index (κ2) is 9.22. The zero-order valence-corrected chi connectivity index (χ0v) is 14.7. The molecule has 0 saturated heterocycles. The summed E-state index contributed by atoms with van der Waals surface area (Å²) in [6.45, 7) is 7.13. The molecule has 1 atom stereocenters. The lowest BCUT2D eigenvalue weighted by atomic mass is 9.96. The summed E-state index contributed by atoms with van der Waals surface area (Å²) >= 11 is 0. The zero-order valence-electron chi connectivity index (χ0n) is 14.7. The molecule has 2 N–H and O–H groups in total. The molecular formula is C19H26N2O4. The number of hydrogen-bond acceptors (Lipinski definition) is 5. The van der Waals surface area contributed by atoms with E-state index in [4.69, 9.17) is 14.6 Å². The third-order valence-corrected chi connectivity index (χ3v) is 3.88. The fourth-order valence-electron chi connectivity index (χ4n) is 2.50. The van der Waals surface area contributed by atoms with E-state index in [-0.39, 0.29) is 19.1 Å². The minimum atomic E-state index is -0.942. The lowest BCUT2D eigenvalue weighted by Crippen LogP contribution is -2.46. The van der Waals surface area contributed by atoms with E-state index in [0.29, 0.717) is 37.6 Å². The van der Waals surface area contributed by atoms with Crippen LogP contribution in [0.25, 0.3) is 0 Å². The van der Waals surface area contributed by atoms with E-state index >= 15 is 0 Å². The highest BCUT2D eigenvalue weighted by Gasteiger charge is 2.43. The topological polar surface area (TPSA) is 80.2 Å². The maximum Gasteiger partial charge on any atom is 0.251 e. The van der Waals surface area contributed by atoms with Gasteiger partial charge in [0, 0.05) is 31.6 Å². The standard InChI is InChI=1S/C19H26N2O4/c1-3-10-19(18(23)20-11-4-2)14-25-17(21-19)15-6-8-16(9-7-15)24-13-5-12-22/h3,6-9,22H,1,4-5,10-14H2,2H3,(H,20,23)/t19-/m1/s1. The number of nitrogens with zero attached hydrogens (tertiary/aromatic N) is 1. The Hall–Kier alpha value is -2.34. The fourth-order valence-corrected chi connectivity index (χ4v) is 2.50. The quantitative estimate of drug-likeness (QED) is 0.502. The highest BCUT2D eigenvalue weighted by molar-refractivity contribution is 6.00. The lowest BCUT2D eigenvalue weighted by Gasteiger charge is -2.21. The van der Waals surface area contributed by atoms with Gasteiger partial charge in [0.2, 0.25) is 5.90 Å². The Balaban J connectivity index is 2.11. The van der Waals surface area contributed by atoms with Crippen molar-refractivity contribution in [3.8, 4) is 5.75 Å². The molecule has 25 heavy (non-hydrogen) atoms. The second-order valence-corrected chi connectivity index (χ2v) is 5.94. The number of carbonyl (C=O) groups excluding carboxylic acids is 1. The van der Waals surface area contributed by atoms with Crippen LogP contribution in [0.15, 0.2) is 41.9 Å². The van der Waals surface area contributed by atoms with Gasteiger partial charge >= 0.3 is 0 Å². The van der Waals surface area contributed by atoms with Crippen LogP contribution in [0.3, 0.4) is 0 Å². The summed E-state index contributed by atoms with van der Waals surface area (Å²) in [6.07, 6.45) is 3.58.